The third-order valence-corrected chi connectivity index (χ3v) is 4.07. The SMILES string of the molecule is CS(=O)(=O)c1ccccc1CC(=O)Nc1ccccc1F. The molecule has 0 atom stereocenters. The number of halogens is 1. The van der Waals surface area contributed by atoms with Crippen molar-refractivity contribution >= 4 is 21.4 Å². The van der Waals surface area contributed by atoms with E-state index in [0.29, 0.717) is 5.56 Å². The van der Waals surface area contributed by atoms with Gasteiger partial charge < -0.3 is 5.32 Å². The normalized spacial score (nSPS) is 11.1. The van der Waals surface area contributed by atoms with Crippen LogP contribution in [0.2, 0.25) is 0 Å². The molecule has 21 heavy (non-hydrogen) atoms. The first-order valence-corrected chi connectivity index (χ1v) is 8.09. The molecule has 0 radical (unpaired) electrons. The number of rotatable bonds is 4. The quantitative estimate of drug-likeness (QED) is 0.943. The zero-order chi connectivity index (χ0) is 15.5. The van der Waals surface area contributed by atoms with Gasteiger partial charge in [-0.3, -0.25) is 4.79 Å². The molecule has 2 rings (SSSR count). The first-order valence-electron chi connectivity index (χ1n) is 6.20. The van der Waals surface area contributed by atoms with Crippen LogP contribution in [0.1, 0.15) is 5.56 Å². The van der Waals surface area contributed by atoms with Crippen molar-refractivity contribution in [1.29, 1.82) is 0 Å². The Balaban J connectivity index is 2.20. The third kappa shape index (κ3) is 3.88. The van der Waals surface area contributed by atoms with Crippen LogP contribution in [0.5, 0.6) is 0 Å². The smallest absolute Gasteiger partial charge is 0.228 e. The van der Waals surface area contributed by atoms with E-state index in [9.17, 15) is 17.6 Å². The second-order valence-corrected chi connectivity index (χ2v) is 6.57. The lowest BCUT2D eigenvalue weighted by Gasteiger charge is -2.09. The van der Waals surface area contributed by atoms with Gasteiger partial charge in [-0.05, 0) is 23.8 Å². The molecular formula is C15H14FNO3S. The summed E-state index contributed by atoms with van der Waals surface area (Å²) in [5.74, 6) is -1.02. The highest BCUT2D eigenvalue weighted by molar-refractivity contribution is 7.90. The number of carbonyl (C=O) groups is 1. The van der Waals surface area contributed by atoms with Crippen molar-refractivity contribution in [2.24, 2.45) is 0 Å². The number of anilines is 1. The van der Waals surface area contributed by atoms with Crippen molar-refractivity contribution in [3.8, 4) is 0 Å². The molecule has 0 aliphatic heterocycles. The molecule has 0 saturated carbocycles. The topological polar surface area (TPSA) is 63.2 Å². The summed E-state index contributed by atoms with van der Waals surface area (Å²) < 4.78 is 36.8. The molecule has 0 aromatic heterocycles. The average molecular weight is 307 g/mol. The number of para-hydroxylation sites is 1. The summed E-state index contributed by atoms with van der Waals surface area (Å²) in [6.45, 7) is 0. The molecule has 0 saturated heterocycles. The van der Waals surface area contributed by atoms with Gasteiger partial charge in [0, 0.05) is 6.26 Å². The molecule has 2 aromatic rings. The van der Waals surface area contributed by atoms with Crippen LogP contribution < -0.4 is 5.32 Å². The Kier molecular flexibility index (Phi) is 4.37. The molecule has 1 N–H and O–H groups in total. The first-order chi connectivity index (χ1) is 9.88. The van der Waals surface area contributed by atoms with Crippen LogP contribution in [0, 0.1) is 5.82 Å². The summed E-state index contributed by atoms with van der Waals surface area (Å²) in [6, 6.07) is 12.1. The fraction of sp³-hybridized carbons (Fsp3) is 0.133. The molecule has 0 aliphatic rings. The molecule has 0 aliphatic carbocycles. The number of benzene rings is 2. The summed E-state index contributed by atoms with van der Waals surface area (Å²) in [7, 11) is -3.41. The van der Waals surface area contributed by atoms with Crippen LogP contribution in [0.4, 0.5) is 10.1 Å². The van der Waals surface area contributed by atoms with Gasteiger partial charge in [0.05, 0.1) is 17.0 Å². The van der Waals surface area contributed by atoms with Crippen LogP contribution >= 0.6 is 0 Å². The molecule has 0 fully saturated rings. The molecular weight excluding hydrogens is 293 g/mol. The van der Waals surface area contributed by atoms with E-state index in [-0.39, 0.29) is 17.0 Å². The maximum Gasteiger partial charge on any atom is 0.228 e. The lowest BCUT2D eigenvalue weighted by atomic mass is 10.1. The van der Waals surface area contributed by atoms with Gasteiger partial charge in [-0.2, -0.15) is 0 Å². The van der Waals surface area contributed by atoms with E-state index in [0.717, 1.165) is 6.26 Å². The van der Waals surface area contributed by atoms with Gasteiger partial charge in [-0.15, -0.1) is 0 Å². The Morgan fingerprint density at radius 1 is 1.10 bits per heavy atom. The van der Waals surface area contributed by atoms with Crippen molar-refractivity contribution < 1.29 is 17.6 Å². The monoisotopic (exact) mass is 307 g/mol. The van der Waals surface area contributed by atoms with Gasteiger partial charge in [0.1, 0.15) is 5.82 Å². The molecule has 0 bridgehead atoms. The van der Waals surface area contributed by atoms with Crippen molar-refractivity contribution in [2.45, 2.75) is 11.3 Å². The summed E-state index contributed by atoms with van der Waals surface area (Å²) in [5.41, 5.74) is 0.452. The zero-order valence-electron chi connectivity index (χ0n) is 11.3. The summed E-state index contributed by atoms with van der Waals surface area (Å²) in [6.07, 6.45) is 0.943. The van der Waals surface area contributed by atoms with E-state index >= 15 is 0 Å². The molecule has 0 heterocycles. The summed E-state index contributed by atoms with van der Waals surface area (Å²) in [5, 5.41) is 2.43. The highest BCUT2D eigenvalue weighted by Gasteiger charge is 2.15. The van der Waals surface area contributed by atoms with Gasteiger partial charge in [-0.25, -0.2) is 12.8 Å². The standard InChI is InChI=1S/C15H14FNO3S/c1-21(19,20)14-9-5-2-6-11(14)10-15(18)17-13-8-4-3-7-12(13)16/h2-9H,10H2,1H3,(H,17,18). The Labute approximate surface area is 122 Å². The molecule has 1 amide bonds. The van der Waals surface area contributed by atoms with Gasteiger partial charge in [0.15, 0.2) is 9.84 Å². The predicted octanol–water partition coefficient (Wildman–Crippen LogP) is 2.41. The lowest BCUT2D eigenvalue weighted by molar-refractivity contribution is -0.115. The highest BCUT2D eigenvalue weighted by atomic mass is 32.2. The van der Waals surface area contributed by atoms with E-state index < -0.39 is 21.6 Å². The minimum atomic E-state index is -3.41. The van der Waals surface area contributed by atoms with E-state index in [2.05, 4.69) is 5.32 Å². The molecule has 4 nitrogen and oxygen atoms in total. The number of carbonyl (C=O) groups excluding carboxylic acids is 1. The summed E-state index contributed by atoms with van der Waals surface area (Å²) in [4.78, 5) is 12.0. The van der Waals surface area contributed by atoms with Crippen LogP contribution in [0.25, 0.3) is 0 Å². The van der Waals surface area contributed by atoms with E-state index in [1.807, 2.05) is 0 Å². The molecule has 0 spiro atoms. The Morgan fingerprint density at radius 3 is 2.38 bits per heavy atom. The molecule has 2 aromatic carbocycles. The first kappa shape index (κ1) is 15.2. The zero-order valence-corrected chi connectivity index (χ0v) is 12.2. The largest absolute Gasteiger partial charge is 0.323 e. The molecule has 0 unspecified atom stereocenters. The minimum absolute atomic E-state index is 0.0688. The fourth-order valence-electron chi connectivity index (χ4n) is 1.94. The molecule has 110 valence electrons. The third-order valence-electron chi connectivity index (χ3n) is 2.87. The lowest BCUT2D eigenvalue weighted by Crippen LogP contribution is -2.17. The van der Waals surface area contributed by atoms with Gasteiger partial charge in [0.2, 0.25) is 5.91 Å². The highest BCUT2D eigenvalue weighted by Crippen LogP contribution is 2.17. The number of hydrogen-bond donors (Lipinski definition) is 1. The Morgan fingerprint density at radius 2 is 1.71 bits per heavy atom. The maximum atomic E-state index is 13.4. The number of amides is 1. The average Bonchev–Trinajstić information content (AvgIpc) is 2.41. The fourth-order valence-corrected chi connectivity index (χ4v) is 2.88. The van der Waals surface area contributed by atoms with Crippen LogP contribution in [0.15, 0.2) is 53.4 Å². The second kappa shape index (κ2) is 6.05. The van der Waals surface area contributed by atoms with Crippen LogP contribution in [-0.2, 0) is 21.1 Å². The van der Waals surface area contributed by atoms with Crippen LogP contribution in [0.3, 0.4) is 0 Å². The van der Waals surface area contributed by atoms with Gasteiger partial charge >= 0.3 is 0 Å². The Bertz CT molecular complexity index is 772. The number of nitrogens with one attached hydrogen (secondary N) is 1. The predicted molar refractivity (Wildman–Crippen MR) is 78.3 cm³/mol. The van der Waals surface area contributed by atoms with Gasteiger partial charge in [-0.1, -0.05) is 30.3 Å². The van der Waals surface area contributed by atoms with E-state index in [4.69, 9.17) is 0 Å². The number of hydrogen-bond acceptors (Lipinski definition) is 3. The summed E-state index contributed by atoms with van der Waals surface area (Å²) >= 11 is 0. The minimum Gasteiger partial charge on any atom is -0.323 e. The van der Waals surface area contributed by atoms with Crippen molar-refractivity contribution in [3.63, 3.8) is 0 Å². The van der Waals surface area contributed by atoms with Crippen molar-refractivity contribution in [2.75, 3.05) is 11.6 Å². The van der Waals surface area contributed by atoms with Crippen molar-refractivity contribution in [1.82, 2.24) is 0 Å². The molecule has 6 heteroatoms. The van der Waals surface area contributed by atoms with Crippen molar-refractivity contribution in [3.05, 3.63) is 59.9 Å². The van der Waals surface area contributed by atoms with E-state index in [1.54, 1.807) is 24.3 Å². The van der Waals surface area contributed by atoms with E-state index in [1.165, 1.54) is 24.3 Å². The van der Waals surface area contributed by atoms with Gasteiger partial charge in [0.25, 0.3) is 0 Å². The Hall–Kier alpha value is -2.21. The van der Waals surface area contributed by atoms with Crippen LogP contribution in [-0.4, -0.2) is 20.6 Å². The second-order valence-electron chi connectivity index (χ2n) is 4.58. The maximum absolute atomic E-state index is 13.4. The number of sulfone groups is 1.